The molecule has 0 N–H and O–H groups in total. The molecule has 6 nitrogen and oxygen atoms in total. The van der Waals surface area contributed by atoms with Crippen LogP contribution in [-0.4, -0.2) is 77.1 Å². The number of piperidine rings is 1. The van der Waals surface area contributed by atoms with Crippen LogP contribution >= 0.6 is 0 Å². The zero-order chi connectivity index (χ0) is 18.9. The van der Waals surface area contributed by atoms with Crippen LogP contribution in [-0.2, 0) is 9.53 Å². The predicted molar refractivity (Wildman–Crippen MR) is 101 cm³/mol. The third kappa shape index (κ3) is 4.51. The van der Waals surface area contributed by atoms with E-state index in [0.717, 1.165) is 38.5 Å². The summed E-state index contributed by atoms with van der Waals surface area (Å²) in [4.78, 5) is 31.6. The van der Waals surface area contributed by atoms with Crippen LogP contribution in [0.3, 0.4) is 0 Å². The van der Waals surface area contributed by atoms with E-state index < -0.39 is 5.60 Å². The molecule has 0 aromatic rings. The van der Waals surface area contributed by atoms with Gasteiger partial charge in [0.25, 0.3) is 0 Å². The highest BCUT2D eigenvalue weighted by molar-refractivity contribution is 5.80. The molecule has 2 aliphatic heterocycles. The van der Waals surface area contributed by atoms with Gasteiger partial charge in [0.1, 0.15) is 5.60 Å². The second-order valence-corrected chi connectivity index (χ2v) is 9.20. The molecule has 0 spiro atoms. The van der Waals surface area contributed by atoms with Crippen molar-refractivity contribution in [2.45, 2.75) is 77.5 Å². The third-order valence-electron chi connectivity index (χ3n) is 6.03. The molecule has 0 unspecified atom stereocenters. The molecule has 2 saturated heterocycles. The van der Waals surface area contributed by atoms with E-state index in [1.807, 2.05) is 20.8 Å². The number of hydrogen-bond acceptors (Lipinski definition) is 4. The molecule has 1 saturated carbocycles. The Labute approximate surface area is 157 Å². The average Bonchev–Trinajstić information content (AvgIpc) is 2.51. The predicted octanol–water partition coefficient (Wildman–Crippen LogP) is 2.72. The maximum absolute atomic E-state index is 13.0. The Bertz CT molecular complexity index is 519. The minimum absolute atomic E-state index is 0.0476. The van der Waals surface area contributed by atoms with Gasteiger partial charge in [-0.2, -0.15) is 0 Å². The van der Waals surface area contributed by atoms with Crippen molar-refractivity contribution in [3.8, 4) is 0 Å². The minimum atomic E-state index is -0.473. The number of nitrogens with zero attached hydrogens (tertiary/aromatic N) is 3. The van der Waals surface area contributed by atoms with Crippen molar-refractivity contribution in [2.24, 2.45) is 5.92 Å². The molecular weight excluding hydrogens is 330 g/mol. The van der Waals surface area contributed by atoms with Crippen molar-refractivity contribution in [2.75, 3.05) is 32.7 Å². The summed E-state index contributed by atoms with van der Waals surface area (Å²) in [6.07, 6.45) is 5.23. The van der Waals surface area contributed by atoms with Crippen molar-refractivity contribution < 1.29 is 14.3 Å². The first kappa shape index (κ1) is 19.5. The summed E-state index contributed by atoms with van der Waals surface area (Å²) >= 11 is 0. The lowest BCUT2D eigenvalue weighted by Crippen LogP contribution is -2.59. The molecule has 0 bridgehead atoms. The Hall–Kier alpha value is -1.30. The maximum atomic E-state index is 13.0. The zero-order valence-corrected chi connectivity index (χ0v) is 16.9. The lowest BCUT2D eigenvalue weighted by molar-refractivity contribution is -0.142. The third-order valence-corrected chi connectivity index (χ3v) is 6.03. The molecule has 148 valence electrons. The topological polar surface area (TPSA) is 53.1 Å². The van der Waals surface area contributed by atoms with Crippen LogP contribution in [0, 0.1) is 5.92 Å². The molecule has 0 aromatic carbocycles. The average molecular weight is 366 g/mol. The highest BCUT2D eigenvalue weighted by Crippen LogP contribution is 2.28. The van der Waals surface area contributed by atoms with E-state index in [9.17, 15) is 9.59 Å². The first-order valence-corrected chi connectivity index (χ1v) is 10.3. The summed E-state index contributed by atoms with van der Waals surface area (Å²) in [6, 6.07) is 1.05. The Morgan fingerprint density at radius 3 is 2.12 bits per heavy atom. The summed E-state index contributed by atoms with van der Waals surface area (Å²) in [7, 11) is 0. The van der Waals surface area contributed by atoms with Crippen molar-refractivity contribution in [1.29, 1.82) is 0 Å². The summed E-state index contributed by atoms with van der Waals surface area (Å²) in [5, 5.41) is 0. The Morgan fingerprint density at radius 1 is 0.962 bits per heavy atom. The van der Waals surface area contributed by atoms with Crippen molar-refractivity contribution in [3.63, 3.8) is 0 Å². The molecular formula is C20H35N3O3. The molecule has 2 amide bonds. The van der Waals surface area contributed by atoms with Crippen LogP contribution in [0.5, 0.6) is 0 Å². The molecule has 3 aliphatic rings. The molecule has 0 aromatic heterocycles. The molecule has 3 fully saturated rings. The van der Waals surface area contributed by atoms with E-state index in [4.69, 9.17) is 4.74 Å². The first-order chi connectivity index (χ1) is 12.2. The second kappa shape index (κ2) is 7.75. The number of likely N-dealkylation sites (tertiary alicyclic amines) is 1. The number of carbonyl (C=O) groups is 2. The number of carbonyl (C=O) groups excluding carboxylic acids is 2. The van der Waals surface area contributed by atoms with Gasteiger partial charge in [-0.05, 0) is 53.4 Å². The Balaban J connectivity index is 1.47. The van der Waals surface area contributed by atoms with Gasteiger partial charge in [-0.15, -0.1) is 0 Å². The van der Waals surface area contributed by atoms with Gasteiger partial charge < -0.3 is 14.5 Å². The number of hydrogen-bond donors (Lipinski definition) is 0. The Kier molecular flexibility index (Phi) is 5.80. The van der Waals surface area contributed by atoms with Gasteiger partial charge >= 0.3 is 6.09 Å². The highest BCUT2D eigenvalue weighted by Gasteiger charge is 2.37. The number of piperazine rings is 1. The number of ether oxygens (including phenoxy) is 1. The van der Waals surface area contributed by atoms with Crippen LogP contribution in [0.15, 0.2) is 0 Å². The summed E-state index contributed by atoms with van der Waals surface area (Å²) < 4.78 is 5.44. The molecule has 6 heteroatoms. The maximum Gasteiger partial charge on any atom is 0.410 e. The standard InChI is InChI=1S/C20H35N3O3/c1-15-14-22(17-6-5-7-17)12-13-23(15)18(24)16-8-10-21(11-9-16)19(25)26-20(2,3)4/h15-17H,5-14H2,1-4H3/t15-/m0/s1. The van der Waals surface area contributed by atoms with Crippen LogP contribution in [0.2, 0.25) is 0 Å². The normalized spacial score (nSPS) is 26.5. The van der Waals surface area contributed by atoms with Crippen LogP contribution < -0.4 is 0 Å². The van der Waals surface area contributed by atoms with Crippen LogP contribution in [0.4, 0.5) is 4.79 Å². The molecule has 26 heavy (non-hydrogen) atoms. The van der Waals surface area contributed by atoms with Gasteiger partial charge in [-0.25, -0.2) is 4.79 Å². The van der Waals surface area contributed by atoms with E-state index in [0.29, 0.717) is 19.1 Å². The van der Waals surface area contributed by atoms with Crippen molar-refractivity contribution in [1.82, 2.24) is 14.7 Å². The minimum Gasteiger partial charge on any atom is -0.444 e. The van der Waals surface area contributed by atoms with E-state index in [-0.39, 0.29) is 17.9 Å². The van der Waals surface area contributed by atoms with Crippen LogP contribution in [0.1, 0.15) is 59.8 Å². The number of rotatable bonds is 2. The van der Waals surface area contributed by atoms with E-state index >= 15 is 0 Å². The van der Waals surface area contributed by atoms with Gasteiger partial charge in [0.2, 0.25) is 5.91 Å². The van der Waals surface area contributed by atoms with E-state index in [1.165, 1.54) is 19.3 Å². The smallest absolute Gasteiger partial charge is 0.410 e. The van der Waals surface area contributed by atoms with Gasteiger partial charge in [0.05, 0.1) is 0 Å². The fourth-order valence-corrected chi connectivity index (χ4v) is 4.27. The van der Waals surface area contributed by atoms with E-state index in [2.05, 4.69) is 16.7 Å². The molecule has 1 atom stereocenters. The van der Waals surface area contributed by atoms with Crippen molar-refractivity contribution >= 4 is 12.0 Å². The summed E-state index contributed by atoms with van der Waals surface area (Å²) in [5.74, 6) is 0.334. The largest absolute Gasteiger partial charge is 0.444 e. The SMILES string of the molecule is C[C@H]1CN(C2CCC2)CCN1C(=O)C1CCN(C(=O)OC(C)(C)C)CC1. The van der Waals surface area contributed by atoms with Gasteiger partial charge in [0, 0.05) is 50.7 Å². The zero-order valence-electron chi connectivity index (χ0n) is 16.9. The summed E-state index contributed by atoms with van der Waals surface area (Å²) in [6.45, 7) is 11.9. The van der Waals surface area contributed by atoms with Gasteiger partial charge in [0.15, 0.2) is 0 Å². The van der Waals surface area contributed by atoms with Crippen molar-refractivity contribution in [3.05, 3.63) is 0 Å². The summed E-state index contributed by atoms with van der Waals surface area (Å²) in [5.41, 5.74) is -0.473. The van der Waals surface area contributed by atoms with E-state index in [1.54, 1.807) is 4.90 Å². The lowest BCUT2D eigenvalue weighted by Gasteiger charge is -2.47. The van der Waals surface area contributed by atoms with Crippen LogP contribution in [0.25, 0.3) is 0 Å². The quantitative estimate of drug-likeness (QED) is 0.755. The highest BCUT2D eigenvalue weighted by atomic mass is 16.6. The fourth-order valence-electron chi connectivity index (χ4n) is 4.27. The second-order valence-electron chi connectivity index (χ2n) is 9.20. The molecule has 1 aliphatic carbocycles. The fraction of sp³-hybridized carbons (Fsp3) is 0.900. The first-order valence-electron chi connectivity index (χ1n) is 10.3. The lowest BCUT2D eigenvalue weighted by atomic mass is 9.90. The van der Waals surface area contributed by atoms with Gasteiger partial charge in [-0.3, -0.25) is 9.69 Å². The number of amides is 2. The van der Waals surface area contributed by atoms with Gasteiger partial charge in [-0.1, -0.05) is 6.42 Å². The molecule has 0 radical (unpaired) electrons. The molecule has 2 heterocycles. The molecule has 3 rings (SSSR count). The monoisotopic (exact) mass is 365 g/mol. The Morgan fingerprint density at radius 2 is 1.62 bits per heavy atom.